The minimum absolute atomic E-state index is 0.141. The summed E-state index contributed by atoms with van der Waals surface area (Å²) in [6.45, 7) is 3.76. The van der Waals surface area contributed by atoms with Gasteiger partial charge in [-0.25, -0.2) is 9.29 Å². The molecule has 4 rings (SSSR count). The first-order chi connectivity index (χ1) is 14.9. The van der Waals surface area contributed by atoms with Crippen molar-refractivity contribution in [2.75, 3.05) is 17.3 Å². The molecule has 0 atom stereocenters. The highest BCUT2D eigenvalue weighted by atomic mass is 19.1. The highest BCUT2D eigenvalue weighted by molar-refractivity contribution is 6.46. The molecule has 156 valence electrons. The SMILES string of the molecule is COc1ccc(C2=C(Nc3ccc(F)cc3)C(=O)N(c3cc(C)ccc3C)C2=O)cc1. The average Bonchev–Trinajstić information content (AvgIpc) is 3.01. The first kappa shape index (κ1) is 20.3. The Balaban J connectivity index is 1.83. The molecule has 0 fully saturated rings. The number of aryl methyl sites for hydroxylation is 2. The molecule has 5 nitrogen and oxygen atoms in total. The third-order valence-electron chi connectivity index (χ3n) is 5.18. The predicted octanol–water partition coefficient (Wildman–Crippen LogP) is 4.85. The van der Waals surface area contributed by atoms with E-state index in [0.717, 1.165) is 11.1 Å². The van der Waals surface area contributed by atoms with Gasteiger partial charge in [-0.15, -0.1) is 0 Å². The fourth-order valence-electron chi connectivity index (χ4n) is 3.53. The number of nitrogens with zero attached hydrogens (tertiary/aromatic N) is 1. The molecule has 0 spiro atoms. The summed E-state index contributed by atoms with van der Waals surface area (Å²) >= 11 is 0. The molecule has 1 N–H and O–H groups in total. The fraction of sp³-hybridized carbons (Fsp3) is 0.120. The van der Waals surface area contributed by atoms with Crippen molar-refractivity contribution in [1.82, 2.24) is 0 Å². The number of rotatable bonds is 5. The van der Waals surface area contributed by atoms with Crippen LogP contribution < -0.4 is 15.0 Å². The second-order valence-corrected chi connectivity index (χ2v) is 7.35. The molecule has 2 amide bonds. The van der Waals surface area contributed by atoms with Crippen molar-refractivity contribution < 1.29 is 18.7 Å². The van der Waals surface area contributed by atoms with Crippen LogP contribution in [0.1, 0.15) is 16.7 Å². The van der Waals surface area contributed by atoms with Crippen LogP contribution in [-0.2, 0) is 9.59 Å². The first-order valence-electron chi connectivity index (χ1n) is 9.76. The van der Waals surface area contributed by atoms with Gasteiger partial charge < -0.3 is 10.1 Å². The Morgan fingerprint density at radius 3 is 2.19 bits per heavy atom. The van der Waals surface area contributed by atoms with Gasteiger partial charge in [-0.05, 0) is 73.0 Å². The third kappa shape index (κ3) is 3.80. The minimum Gasteiger partial charge on any atom is -0.497 e. The normalized spacial score (nSPS) is 13.7. The zero-order chi connectivity index (χ0) is 22.1. The highest BCUT2D eigenvalue weighted by Crippen LogP contribution is 2.36. The van der Waals surface area contributed by atoms with Crippen LogP contribution in [-0.4, -0.2) is 18.9 Å². The van der Waals surface area contributed by atoms with Crippen molar-refractivity contribution in [3.05, 3.63) is 94.9 Å². The van der Waals surface area contributed by atoms with Crippen LogP contribution in [0.25, 0.3) is 5.57 Å². The lowest BCUT2D eigenvalue weighted by atomic mass is 10.0. The molecule has 0 saturated carbocycles. The number of halogens is 1. The van der Waals surface area contributed by atoms with E-state index in [4.69, 9.17) is 4.74 Å². The molecule has 0 aliphatic carbocycles. The standard InChI is InChI=1S/C25H21FN2O3/c1-15-4-5-16(2)21(14-15)28-24(29)22(17-6-12-20(31-3)13-7-17)23(25(28)30)27-19-10-8-18(26)9-11-19/h4-14,27H,1-3H3. The van der Waals surface area contributed by atoms with Gasteiger partial charge in [-0.2, -0.15) is 0 Å². The van der Waals surface area contributed by atoms with Crippen molar-refractivity contribution in [3.63, 3.8) is 0 Å². The van der Waals surface area contributed by atoms with E-state index in [1.807, 2.05) is 32.0 Å². The predicted molar refractivity (Wildman–Crippen MR) is 118 cm³/mol. The lowest BCUT2D eigenvalue weighted by Gasteiger charge is -2.18. The summed E-state index contributed by atoms with van der Waals surface area (Å²) in [5.41, 5.74) is 3.76. The van der Waals surface area contributed by atoms with Crippen molar-refractivity contribution in [1.29, 1.82) is 0 Å². The summed E-state index contributed by atoms with van der Waals surface area (Å²) in [5.74, 6) is -0.636. The lowest BCUT2D eigenvalue weighted by molar-refractivity contribution is -0.120. The van der Waals surface area contributed by atoms with Crippen LogP contribution in [0, 0.1) is 19.7 Å². The Bertz CT molecular complexity index is 1200. The molecule has 0 bridgehead atoms. The van der Waals surface area contributed by atoms with Crippen LogP contribution in [0.15, 0.2) is 72.4 Å². The third-order valence-corrected chi connectivity index (χ3v) is 5.18. The van der Waals surface area contributed by atoms with Crippen LogP contribution in [0.3, 0.4) is 0 Å². The Labute approximate surface area is 179 Å². The topological polar surface area (TPSA) is 58.6 Å². The second kappa shape index (κ2) is 8.07. The number of amides is 2. The maximum atomic E-state index is 13.5. The van der Waals surface area contributed by atoms with E-state index >= 15 is 0 Å². The molecule has 1 aliphatic heterocycles. The van der Waals surface area contributed by atoms with Crippen molar-refractivity contribution in [2.24, 2.45) is 0 Å². The second-order valence-electron chi connectivity index (χ2n) is 7.35. The largest absolute Gasteiger partial charge is 0.497 e. The number of hydrogen-bond donors (Lipinski definition) is 1. The van der Waals surface area contributed by atoms with Crippen LogP contribution in [0.5, 0.6) is 5.75 Å². The maximum Gasteiger partial charge on any atom is 0.282 e. The number of imide groups is 1. The first-order valence-corrected chi connectivity index (χ1v) is 9.76. The summed E-state index contributed by atoms with van der Waals surface area (Å²) in [7, 11) is 1.56. The Morgan fingerprint density at radius 1 is 0.871 bits per heavy atom. The Morgan fingerprint density at radius 2 is 1.55 bits per heavy atom. The number of anilines is 2. The molecule has 3 aromatic rings. The molecule has 6 heteroatoms. The van der Waals surface area contributed by atoms with Gasteiger partial charge in [0.05, 0.1) is 18.4 Å². The number of carbonyl (C=O) groups is 2. The van der Waals surface area contributed by atoms with Gasteiger partial charge in [-0.1, -0.05) is 24.3 Å². The van der Waals surface area contributed by atoms with Gasteiger partial charge in [0.15, 0.2) is 0 Å². The summed E-state index contributed by atoms with van der Waals surface area (Å²) in [6, 6.07) is 18.2. The van der Waals surface area contributed by atoms with Crippen LogP contribution in [0.4, 0.5) is 15.8 Å². The van der Waals surface area contributed by atoms with E-state index in [1.54, 1.807) is 31.4 Å². The molecule has 1 heterocycles. The van der Waals surface area contributed by atoms with E-state index in [0.29, 0.717) is 22.7 Å². The van der Waals surface area contributed by atoms with Gasteiger partial charge in [0.2, 0.25) is 0 Å². The van der Waals surface area contributed by atoms with E-state index < -0.39 is 11.8 Å². The van der Waals surface area contributed by atoms with Crippen LogP contribution >= 0.6 is 0 Å². The molecule has 3 aromatic carbocycles. The average molecular weight is 416 g/mol. The highest BCUT2D eigenvalue weighted by Gasteiger charge is 2.40. The molecular formula is C25H21FN2O3. The lowest BCUT2D eigenvalue weighted by Crippen LogP contribution is -2.33. The van der Waals surface area contributed by atoms with Gasteiger partial charge in [0, 0.05) is 5.69 Å². The monoisotopic (exact) mass is 416 g/mol. The zero-order valence-electron chi connectivity index (χ0n) is 17.4. The van der Waals surface area contributed by atoms with E-state index in [1.165, 1.54) is 29.2 Å². The van der Waals surface area contributed by atoms with Crippen LogP contribution in [0.2, 0.25) is 0 Å². The zero-order valence-corrected chi connectivity index (χ0v) is 17.4. The van der Waals surface area contributed by atoms with E-state index in [2.05, 4.69) is 5.32 Å². The van der Waals surface area contributed by atoms with Gasteiger partial charge in [0.25, 0.3) is 11.8 Å². The number of carbonyl (C=O) groups excluding carboxylic acids is 2. The quantitative estimate of drug-likeness (QED) is 0.604. The Hall–Kier alpha value is -3.93. The molecular weight excluding hydrogens is 395 g/mol. The van der Waals surface area contributed by atoms with Crippen molar-refractivity contribution >= 4 is 28.8 Å². The van der Waals surface area contributed by atoms with Gasteiger partial charge in [0.1, 0.15) is 17.3 Å². The number of hydrogen-bond acceptors (Lipinski definition) is 4. The smallest absolute Gasteiger partial charge is 0.282 e. The summed E-state index contributed by atoms with van der Waals surface area (Å²) in [5, 5.41) is 3.03. The summed E-state index contributed by atoms with van der Waals surface area (Å²) < 4.78 is 18.5. The number of methoxy groups -OCH3 is 1. The maximum absolute atomic E-state index is 13.5. The summed E-state index contributed by atoms with van der Waals surface area (Å²) in [4.78, 5) is 28.1. The molecule has 31 heavy (non-hydrogen) atoms. The molecule has 1 aliphatic rings. The van der Waals surface area contributed by atoms with E-state index in [-0.39, 0.29) is 17.1 Å². The van der Waals surface area contributed by atoms with Crippen molar-refractivity contribution in [2.45, 2.75) is 13.8 Å². The Kier molecular flexibility index (Phi) is 5.29. The molecule has 0 radical (unpaired) electrons. The number of nitrogens with one attached hydrogen (secondary N) is 1. The van der Waals surface area contributed by atoms with Gasteiger partial charge >= 0.3 is 0 Å². The van der Waals surface area contributed by atoms with Gasteiger partial charge in [-0.3, -0.25) is 9.59 Å². The number of benzene rings is 3. The fourth-order valence-corrected chi connectivity index (χ4v) is 3.53. The minimum atomic E-state index is -0.464. The van der Waals surface area contributed by atoms with Crippen molar-refractivity contribution in [3.8, 4) is 5.75 Å². The molecule has 0 aromatic heterocycles. The number of ether oxygens (including phenoxy) is 1. The van der Waals surface area contributed by atoms with E-state index in [9.17, 15) is 14.0 Å². The molecule has 0 unspecified atom stereocenters. The molecule has 0 saturated heterocycles. The summed E-state index contributed by atoms with van der Waals surface area (Å²) in [6.07, 6.45) is 0.